The number of methoxy groups -OCH3 is 1. The molecule has 1 amide bonds. The van der Waals surface area contributed by atoms with Gasteiger partial charge in [0.05, 0.1) is 12.8 Å². The second-order valence-electron chi connectivity index (χ2n) is 6.56. The van der Waals surface area contributed by atoms with E-state index < -0.39 is 6.09 Å². The van der Waals surface area contributed by atoms with E-state index in [-0.39, 0.29) is 11.9 Å². The predicted molar refractivity (Wildman–Crippen MR) is 99.4 cm³/mol. The van der Waals surface area contributed by atoms with Crippen molar-refractivity contribution >= 4 is 11.8 Å². The Balaban J connectivity index is 2.04. The SMILES string of the molecule is COc1ccc(N(C[C@@H]2CCCN2C)C(=O)O)c(-c2cccc(F)c2)c1. The van der Waals surface area contributed by atoms with Crippen LogP contribution >= 0.6 is 0 Å². The van der Waals surface area contributed by atoms with E-state index in [9.17, 15) is 14.3 Å². The summed E-state index contributed by atoms with van der Waals surface area (Å²) in [6, 6.07) is 11.5. The number of likely N-dealkylation sites (tertiary alicyclic amines) is 1. The van der Waals surface area contributed by atoms with Gasteiger partial charge in [-0.05, 0) is 62.3 Å². The molecule has 3 rings (SSSR count). The molecule has 2 aromatic carbocycles. The number of ether oxygens (including phenoxy) is 1. The minimum atomic E-state index is -1.02. The van der Waals surface area contributed by atoms with Crippen molar-refractivity contribution in [1.82, 2.24) is 4.90 Å². The van der Waals surface area contributed by atoms with E-state index in [4.69, 9.17) is 4.74 Å². The van der Waals surface area contributed by atoms with Crippen LogP contribution in [0.15, 0.2) is 42.5 Å². The third-order valence-corrected chi connectivity index (χ3v) is 4.93. The number of halogens is 1. The maximum Gasteiger partial charge on any atom is 0.411 e. The molecule has 6 heteroatoms. The van der Waals surface area contributed by atoms with E-state index in [0.29, 0.717) is 29.1 Å². The number of nitrogens with zero attached hydrogens (tertiary/aromatic N) is 2. The van der Waals surface area contributed by atoms with E-state index in [0.717, 1.165) is 19.4 Å². The highest BCUT2D eigenvalue weighted by molar-refractivity contribution is 5.93. The van der Waals surface area contributed by atoms with E-state index in [2.05, 4.69) is 4.90 Å². The maximum absolute atomic E-state index is 13.7. The lowest BCUT2D eigenvalue weighted by Crippen LogP contribution is -2.41. The van der Waals surface area contributed by atoms with Gasteiger partial charge in [0.15, 0.2) is 0 Å². The molecule has 1 aliphatic rings. The van der Waals surface area contributed by atoms with Crippen LogP contribution in [0.1, 0.15) is 12.8 Å². The Morgan fingerprint density at radius 1 is 1.35 bits per heavy atom. The van der Waals surface area contributed by atoms with Crippen LogP contribution in [-0.2, 0) is 0 Å². The zero-order valence-corrected chi connectivity index (χ0v) is 15.0. The zero-order chi connectivity index (χ0) is 18.7. The summed E-state index contributed by atoms with van der Waals surface area (Å²) in [5, 5.41) is 9.83. The molecule has 0 bridgehead atoms. The quantitative estimate of drug-likeness (QED) is 0.875. The van der Waals surface area contributed by atoms with Gasteiger partial charge >= 0.3 is 6.09 Å². The largest absolute Gasteiger partial charge is 0.497 e. The van der Waals surface area contributed by atoms with Crippen molar-refractivity contribution in [3.05, 3.63) is 48.3 Å². The van der Waals surface area contributed by atoms with Crippen molar-refractivity contribution in [3.8, 4) is 16.9 Å². The highest BCUT2D eigenvalue weighted by Crippen LogP contribution is 2.35. The Morgan fingerprint density at radius 2 is 2.15 bits per heavy atom. The van der Waals surface area contributed by atoms with Crippen LogP contribution in [0, 0.1) is 5.82 Å². The summed E-state index contributed by atoms with van der Waals surface area (Å²) in [5.74, 6) is 0.227. The van der Waals surface area contributed by atoms with Gasteiger partial charge in [-0.3, -0.25) is 4.90 Å². The molecule has 5 nitrogen and oxygen atoms in total. The van der Waals surface area contributed by atoms with Gasteiger partial charge < -0.3 is 14.7 Å². The minimum Gasteiger partial charge on any atom is -0.497 e. The van der Waals surface area contributed by atoms with Gasteiger partial charge in [-0.2, -0.15) is 0 Å². The van der Waals surface area contributed by atoms with E-state index >= 15 is 0 Å². The average molecular weight is 358 g/mol. The maximum atomic E-state index is 13.7. The summed E-state index contributed by atoms with van der Waals surface area (Å²) in [5.41, 5.74) is 1.78. The van der Waals surface area contributed by atoms with Crippen LogP contribution < -0.4 is 9.64 Å². The first kappa shape index (κ1) is 18.2. The molecule has 0 aliphatic carbocycles. The summed E-state index contributed by atoms with van der Waals surface area (Å²) in [6.45, 7) is 1.35. The number of anilines is 1. The van der Waals surface area contributed by atoms with E-state index in [1.54, 1.807) is 37.4 Å². The van der Waals surface area contributed by atoms with Crippen molar-refractivity contribution < 1.29 is 19.0 Å². The lowest BCUT2D eigenvalue weighted by molar-refractivity contribution is 0.198. The number of hydrogen-bond donors (Lipinski definition) is 1. The molecule has 2 aromatic rings. The topological polar surface area (TPSA) is 53.0 Å². The van der Waals surface area contributed by atoms with Crippen LogP contribution in [0.25, 0.3) is 11.1 Å². The van der Waals surface area contributed by atoms with Crippen molar-refractivity contribution in [2.75, 3.05) is 32.1 Å². The molecule has 0 unspecified atom stereocenters. The molecule has 26 heavy (non-hydrogen) atoms. The van der Waals surface area contributed by atoms with Crippen molar-refractivity contribution in [2.45, 2.75) is 18.9 Å². The molecule has 1 saturated heterocycles. The van der Waals surface area contributed by atoms with Gasteiger partial charge in [0.1, 0.15) is 11.6 Å². The molecule has 138 valence electrons. The lowest BCUT2D eigenvalue weighted by Gasteiger charge is -2.28. The summed E-state index contributed by atoms with van der Waals surface area (Å²) in [7, 11) is 3.56. The highest BCUT2D eigenvalue weighted by Gasteiger charge is 2.28. The van der Waals surface area contributed by atoms with Gasteiger partial charge in [-0.25, -0.2) is 9.18 Å². The Hall–Kier alpha value is -2.60. The monoisotopic (exact) mass is 358 g/mol. The normalized spacial score (nSPS) is 17.3. The van der Waals surface area contributed by atoms with Crippen molar-refractivity contribution in [2.24, 2.45) is 0 Å². The Morgan fingerprint density at radius 3 is 2.77 bits per heavy atom. The fraction of sp³-hybridized carbons (Fsp3) is 0.350. The summed E-state index contributed by atoms with van der Waals surface area (Å²) >= 11 is 0. The van der Waals surface area contributed by atoms with Crippen molar-refractivity contribution in [3.63, 3.8) is 0 Å². The number of carboxylic acid groups (broad SMARTS) is 1. The molecule has 1 atom stereocenters. The number of hydrogen-bond acceptors (Lipinski definition) is 3. The highest BCUT2D eigenvalue weighted by atomic mass is 19.1. The van der Waals surface area contributed by atoms with E-state index in [1.165, 1.54) is 17.0 Å². The summed E-state index contributed by atoms with van der Waals surface area (Å²) in [6.07, 6.45) is 1.01. The lowest BCUT2D eigenvalue weighted by atomic mass is 10.0. The van der Waals surface area contributed by atoms with Crippen LogP contribution in [0.2, 0.25) is 0 Å². The van der Waals surface area contributed by atoms with Crippen molar-refractivity contribution in [1.29, 1.82) is 0 Å². The second-order valence-corrected chi connectivity index (χ2v) is 6.56. The number of likely N-dealkylation sites (N-methyl/N-ethyl adjacent to an activating group) is 1. The fourth-order valence-corrected chi connectivity index (χ4v) is 3.46. The molecule has 0 radical (unpaired) electrons. The Labute approximate surface area is 152 Å². The molecule has 1 N–H and O–H groups in total. The van der Waals surface area contributed by atoms with Crippen LogP contribution in [0.3, 0.4) is 0 Å². The first-order valence-electron chi connectivity index (χ1n) is 8.64. The number of carbonyl (C=O) groups is 1. The molecule has 1 aliphatic heterocycles. The third kappa shape index (κ3) is 3.80. The summed E-state index contributed by atoms with van der Waals surface area (Å²) < 4.78 is 19.0. The Bertz CT molecular complexity index is 796. The number of amides is 1. The molecule has 0 saturated carbocycles. The number of benzene rings is 2. The molecule has 1 heterocycles. The second kappa shape index (κ2) is 7.74. The third-order valence-electron chi connectivity index (χ3n) is 4.93. The number of rotatable bonds is 5. The minimum absolute atomic E-state index is 0.175. The standard InChI is InChI=1S/C20H23FN2O3/c1-22-10-4-7-16(22)13-23(20(24)25)19-9-8-17(26-2)12-18(19)14-5-3-6-15(21)11-14/h3,5-6,8-9,11-12,16H,4,7,10,13H2,1-2H3,(H,24,25)/t16-/m0/s1. The average Bonchev–Trinajstić information content (AvgIpc) is 3.04. The predicted octanol–water partition coefficient (Wildman–Crippen LogP) is 4.08. The van der Waals surface area contributed by atoms with Gasteiger partial charge in [-0.15, -0.1) is 0 Å². The Kier molecular flexibility index (Phi) is 5.42. The summed E-state index contributed by atoms with van der Waals surface area (Å²) in [4.78, 5) is 15.5. The smallest absolute Gasteiger partial charge is 0.411 e. The van der Waals surface area contributed by atoms with Crippen LogP contribution in [0.4, 0.5) is 14.9 Å². The molecule has 1 fully saturated rings. The van der Waals surface area contributed by atoms with Crippen LogP contribution in [0.5, 0.6) is 5.75 Å². The molecular formula is C20H23FN2O3. The van der Waals surface area contributed by atoms with Gasteiger partial charge in [0.25, 0.3) is 0 Å². The van der Waals surface area contributed by atoms with Crippen LogP contribution in [-0.4, -0.2) is 49.4 Å². The molecule has 0 aromatic heterocycles. The first-order valence-corrected chi connectivity index (χ1v) is 8.64. The van der Waals surface area contributed by atoms with Gasteiger partial charge in [0, 0.05) is 18.2 Å². The van der Waals surface area contributed by atoms with E-state index in [1.807, 2.05) is 7.05 Å². The van der Waals surface area contributed by atoms with Gasteiger partial charge in [0.2, 0.25) is 0 Å². The zero-order valence-electron chi connectivity index (χ0n) is 15.0. The molecular weight excluding hydrogens is 335 g/mol. The first-order chi connectivity index (χ1) is 12.5. The fourth-order valence-electron chi connectivity index (χ4n) is 3.46. The van der Waals surface area contributed by atoms with Gasteiger partial charge in [-0.1, -0.05) is 12.1 Å². The molecule has 0 spiro atoms.